The SMILES string of the molecule is CC(Nc1cccc(Cl)c1F)c1ccc(OCC#N)cc1. The third-order valence-electron chi connectivity index (χ3n) is 3.01. The molecule has 2 aromatic carbocycles. The van der Waals surface area contributed by atoms with Crippen LogP contribution in [0, 0.1) is 17.1 Å². The van der Waals surface area contributed by atoms with Crippen LogP contribution in [0.2, 0.25) is 5.02 Å². The van der Waals surface area contributed by atoms with Crippen LogP contribution in [-0.2, 0) is 0 Å². The van der Waals surface area contributed by atoms with Crippen molar-refractivity contribution in [3.8, 4) is 11.8 Å². The van der Waals surface area contributed by atoms with Crippen molar-refractivity contribution in [3.63, 3.8) is 0 Å². The summed E-state index contributed by atoms with van der Waals surface area (Å²) in [5.74, 6) is 0.168. The third-order valence-corrected chi connectivity index (χ3v) is 3.30. The zero-order chi connectivity index (χ0) is 15.2. The van der Waals surface area contributed by atoms with E-state index in [0.29, 0.717) is 11.4 Å². The molecular formula is C16H14ClFN2O. The number of nitrogens with zero attached hydrogens (tertiary/aromatic N) is 1. The van der Waals surface area contributed by atoms with Crippen LogP contribution in [0.3, 0.4) is 0 Å². The van der Waals surface area contributed by atoms with E-state index in [1.807, 2.05) is 25.1 Å². The lowest BCUT2D eigenvalue weighted by atomic mass is 10.1. The average Bonchev–Trinajstić information content (AvgIpc) is 2.50. The Hall–Kier alpha value is -2.25. The van der Waals surface area contributed by atoms with Gasteiger partial charge in [0.05, 0.1) is 10.7 Å². The summed E-state index contributed by atoms with van der Waals surface area (Å²) >= 11 is 5.75. The monoisotopic (exact) mass is 304 g/mol. The predicted molar refractivity (Wildman–Crippen MR) is 81.0 cm³/mol. The summed E-state index contributed by atoms with van der Waals surface area (Å²) in [6, 6.07) is 13.9. The highest BCUT2D eigenvalue weighted by Gasteiger charge is 2.10. The maximum absolute atomic E-state index is 13.8. The molecule has 5 heteroatoms. The van der Waals surface area contributed by atoms with Crippen molar-refractivity contribution in [2.75, 3.05) is 11.9 Å². The third kappa shape index (κ3) is 3.87. The van der Waals surface area contributed by atoms with Gasteiger partial charge in [0.25, 0.3) is 0 Å². The fourth-order valence-corrected chi connectivity index (χ4v) is 2.07. The molecule has 108 valence electrons. The van der Waals surface area contributed by atoms with Gasteiger partial charge in [0, 0.05) is 6.04 Å². The predicted octanol–water partition coefficient (Wildman–Crippen LogP) is 4.55. The van der Waals surface area contributed by atoms with E-state index in [-0.39, 0.29) is 17.7 Å². The van der Waals surface area contributed by atoms with Gasteiger partial charge in [0.15, 0.2) is 12.4 Å². The summed E-state index contributed by atoms with van der Waals surface area (Å²) in [4.78, 5) is 0. The zero-order valence-electron chi connectivity index (χ0n) is 11.4. The average molecular weight is 305 g/mol. The van der Waals surface area contributed by atoms with Gasteiger partial charge in [-0.25, -0.2) is 4.39 Å². The Morgan fingerprint density at radius 1 is 1.29 bits per heavy atom. The smallest absolute Gasteiger partial charge is 0.174 e. The first-order valence-corrected chi connectivity index (χ1v) is 6.80. The zero-order valence-corrected chi connectivity index (χ0v) is 12.2. The van der Waals surface area contributed by atoms with Crippen molar-refractivity contribution in [1.82, 2.24) is 0 Å². The topological polar surface area (TPSA) is 45.0 Å². The molecule has 0 radical (unpaired) electrons. The summed E-state index contributed by atoms with van der Waals surface area (Å²) < 4.78 is 19.0. The summed E-state index contributed by atoms with van der Waals surface area (Å²) in [6.07, 6.45) is 0. The van der Waals surface area contributed by atoms with E-state index in [1.165, 1.54) is 6.07 Å². The van der Waals surface area contributed by atoms with Crippen molar-refractivity contribution >= 4 is 17.3 Å². The lowest BCUT2D eigenvalue weighted by molar-refractivity contribution is 0.368. The van der Waals surface area contributed by atoms with Crippen molar-refractivity contribution in [1.29, 1.82) is 5.26 Å². The van der Waals surface area contributed by atoms with Crippen LogP contribution in [-0.4, -0.2) is 6.61 Å². The first kappa shape index (κ1) is 15.1. The van der Waals surface area contributed by atoms with Gasteiger partial charge < -0.3 is 10.1 Å². The molecule has 1 N–H and O–H groups in total. The Bertz CT molecular complexity index is 652. The van der Waals surface area contributed by atoms with E-state index < -0.39 is 5.82 Å². The Morgan fingerprint density at radius 3 is 2.67 bits per heavy atom. The van der Waals surface area contributed by atoms with E-state index in [2.05, 4.69) is 5.32 Å². The van der Waals surface area contributed by atoms with Crippen LogP contribution < -0.4 is 10.1 Å². The maximum atomic E-state index is 13.8. The van der Waals surface area contributed by atoms with Crippen LogP contribution >= 0.6 is 11.6 Å². The van der Waals surface area contributed by atoms with Crippen molar-refractivity contribution in [2.24, 2.45) is 0 Å². The molecule has 0 aliphatic carbocycles. The van der Waals surface area contributed by atoms with Crippen LogP contribution in [0.5, 0.6) is 5.75 Å². The molecule has 1 atom stereocenters. The normalized spacial score (nSPS) is 11.5. The van der Waals surface area contributed by atoms with E-state index in [1.54, 1.807) is 24.3 Å². The summed E-state index contributed by atoms with van der Waals surface area (Å²) in [6.45, 7) is 1.94. The summed E-state index contributed by atoms with van der Waals surface area (Å²) in [5.41, 5.74) is 1.33. The fraction of sp³-hybridized carbons (Fsp3) is 0.188. The second-order valence-corrected chi connectivity index (χ2v) is 4.89. The highest BCUT2D eigenvalue weighted by atomic mass is 35.5. The molecule has 0 saturated carbocycles. The maximum Gasteiger partial charge on any atom is 0.174 e. The molecule has 21 heavy (non-hydrogen) atoms. The first-order valence-electron chi connectivity index (χ1n) is 6.42. The van der Waals surface area contributed by atoms with E-state index in [4.69, 9.17) is 21.6 Å². The molecule has 0 aromatic heterocycles. The minimum Gasteiger partial charge on any atom is -0.479 e. The molecule has 0 amide bonds. The van der Waals surface area contributed by atoms with Crippen LogP contribution in [0.25, 0.3) is 0 Å². The molecule has 3 nitrogen and oxygen atoms in total. The van der Waals surface area contributed by atoms with Crippen LogP contribution in [0.1, 0.15) is 18.5 Å². The van der Waals surface area contributed by atoms with Gasteiger partial charge in [-0.3, -0.25) is 0 Å². The largest absolute Gasteiger partial charge is 0.479 e. The van der Waals surface area contributed by atoms with Gasteiger partial charge in [-0.15, -0.1) is 0 Å². The number of halogens is 2. The molecule has 0 bridgehead atoms. The van der Waals surface area contributed by atoms with Gasteiger partial charge >= 0.3 is 0 Å². The molecule has 2 aromatic rings. The number of anilines is 1. The van der Waals surface area contributed by atoms with Gasteiger partial charge in [0.1, 0.15) is 11.8 Å². The quantitative estimate of drug-likeness (QED) is 0.881. The van der Waals surface area contributed by atoms with Crippen LogP contribution in [0.4, 0.5) is 10.1 Å². The van der Waals surface area contributed by atoms with E-state index >= 15 is 0 Å². The van der Waals surface area contributed by atoms with Crippen molar-refractivity contribution < 1.29 is 9.13 Å². The molecular weight excluding hydrogens is 291 g/mol. The Labute approximate surface area is 127 Å². The summed E-state index contributed by atoms with van der Waals surface area (Å²) in [5, 5.41) is 11.6. The molecule has 0 spiro atoms. The second kappa shape index (κ2) is 6.96. The van der Waals surface area contributed by atoms with Gasteiger partial charge in [-0.05, 0) is 36.8 Å². The number of hydrogen-bond donors (Lipinski definition) is 1. The van der Waals surface area contributed by atoms with E-state index in [0.717, 1.165) is 5.56 Å². The first-order chi connectivity index (χ1) is 10.1. The second-order valence-electron chi connectivity index (χ2n) is 4.48. The highest BCUT2D eigenvalue weighted by Crippen LogP contribution is 2.26. The highest BCUT2D eigenvalue weighted by molar-refractivity contribution is 6.31. The minimum absolute atomic E-state index is 0.0148. The van der Waals surface area contributed by atoms with Gasteiger partial charge in [-0.1, -0.05) is 29.8 Å². The van der Waals surface area contributed by atoms with Crippen molar-refractivity contribution in [2.45, 2.75) is 13.0 Å². The number of ether oxygens (including phenoxy) is 1. The Kier molecular flexibility index (Phi) is 5.02. The summed E-state index contributed by atoms with van der Waals surface area (Å²) in [7, 11) is 0. The van der Waals surface area contributed by atoms with E-state index in [9.17, 15) is 4.39 Å². The Morgan fingerprint density at radius 2 is 2.00 bits per heavy atom. The lowest BCUT2D eigenvalue weighted by Gasteiger charge is -2.17. The molecule has 0 saturated heterocycles. The molecule has 0 heterocycles. The molecule has 0 aliphatic heterocycles. The lowest BCUT2D eigenvalue weighted by Crippen LogP contribution is -2.08. The molecule has 1 unspecified atom stereocenters. The molecule has 0 fully saturated rings. The van der Waals surface area contributed by atoms with Crippen LogP contribution in [0.15, 0.2) is 42.5 Å². The Balaban J connectivity index is 2.08. The molecule has 0 aliphatic rings. The fourth-order valence-electron chi connectivity index (χ4n) is 1.90. The van der Waals surface area contributed by atoms with Gasteiger partial charge in [0.2, 0.25) is 0 Å². The number of nitrogens with one attached hydrogen (secondary N) is 1. The number of nitriles is 1. The standard InChI is InChI=1S/C16H14ClFN2O/c1-11(20-15-4-2-3-14(17)16(15)18)12-5-7-13(8-6-12)21-10-9-19/h2-8,11,20H,10H2,1H3. The molecule has 2 rings (SSSR count). The van der Waals surface area contributed by atoms with Gasteiger partial charge in [-0.2, -0.15) is 5.26 Å². The number of rotatable bonds is 5. The van der Waals surface area contributed by atoms with Crippen molar-refractivity contribution in [3.05, 3.63) is 58.9 Å². The number of benzene rings is 2. The minimum atomic E-state index is -0.458. The number of hydrogen-bond acceptors (Lipinski definition) is 3.